The number of likely N-dealkylation sites (tertiary alicyclic amines) is 1. The van der Waals surface area contributed by atoms with Crippen molar-refractivity contribution in [1.29, 1.82) is 0 Å². The lowest BCUT2D eigenvalue weighted by Crippen LogP contribution is -2.35. The third-order valence-electron chi connectivity index (χ3n) is 5.99. The minimum Gasteiger partial charge on any atom is -0.339 e. The Morgan fingerprint density at radius 2 is 1.86 bits per heavy atom. The van der Waals surface area contributed by atoms with Crippen LogP contribution in [0.2, 0.25) is 0 Å². The van der Waals surface area contributed by atoms with Crippen molar-refractivity contribution in [3.8, 4) is 5.69 Å². The number of carbonyl (C=O) groups is 1. The molecule has 1 saturated carbocycles. The van der Waals surface area contributed by atoms with E-state index >= 15 is 0 Å². The van der Waals surface area contributed by atoms with E-state index in [0.29, 0.717) is 11.6 Å². The van der Waals surface area contributed by atoms with E-state index in [9.17, 15) is 9.18 Å². The van der Waals surface area contributed by atoms with Crippen LogP contribution in [0.3, 0.4) is 0 Å². The molecule has 150 valence electrons. The molecular formula is C23H25FN4O. The Balaban J connectivity index is 1.72. The Labute approximate surface area is 169 Å². The first kappa shape index (κ1) is 18.3. The van der Waals surface area contributed by atoms with Crippen LogP contribution in [0.5, 0.6) is 0 Å². The number of halogens is 1. The quantitative estimate of drug-likeness (QED) is 0.651. The predicted molar refractivity (Wildman–Crippen MR) is 110 cm³/mol. The molecule has 5 rings (SSSR count). The number of aryl methyl sites for hydroxylation is 1. The highest BCUT2D eigenvalue weighted by Gasteiger charge is 2.33. The van der Waals surface area contributed by atoms with Gasteiger partial charge < -0.3 is 4.90 Å². The van der Waals surface area contributed by atoms with E-state index in [-0.39, 0.29) is 11.7 Å². The van der Waals surface area contributed by atoms with Gasteiger partial charge in [0.25, 0.3) is 5.91 Å². The monoisotopic (exact) mass is 392 g/mol. The number of nitrogens with zero attached hydrogens (tertiary/aromatic N) is 4. The fourth-order valence-electron chi connectivity index (χ4n) is 4.22. The number of pyridine rings is 1. The van der Waals surface area contributed by atoms with Crippen LogP contribution in [-0.4, -0.2) is 38.7 Å². The van der Waals surface area contributed by atoms with Gasteiger partial charge in [-0.2, -0.15) is 5.10 Å². The van der Waals surface area contributed by atoms with Crippen molar-refractivity contribution in [2.45, 2.75) is 51.4 Å². The van der Waals surface area contributed by atoms with Crippen LogP contribution in [0.15, 0.2) is 30.3 Å². The summed E-state index contributed by atoms with van der Waals surface area (Å²) in [5.74, 6) is 0.185. The van der Waals surface area contributed by atoms with Crippen LogP contribution in [0.1, 0.15) is 66.7 Å². The lowest BCUT2D eigenvalue weighted by Gasteiger charge is -2.27. The van der Waals surface area contributed by atoms with Crippen LogP contribution in [-0.2, 0) is 6.42 Å². The second kappa shape index (κ2) is 7.25. The maximum Gasteiger partial charge on any atom is 0.254 e. The topological polar surface area (TPSA) is 51.0 Å². The summed E-state index contributed by atoms with van der Waals surface area (Å²) in [5, 5.41) is 5.76. The number of fused-ring (bicyclic) bond motifs is 1. The Morgan fingerprint density at radius 1 is 1.14 bits per heavy atom. The number of hydrogen-bond donors (Lipinski definition) is 0. The van der Waals surface area contributed by atoms with E-state index < -0.39 is 0 Å². The first-order valence-corrected chi connectivity index (χ1v) is 10.6. The minimum absolute atomic E-state index is 0.0901. The summed E-state index contributed by atoms with van der Waals surface area (Å²) < 4.78 is 15.2. The molecule has 0 spiro atoms. The van der Waals surface area contributed by atoms with Crippen LogP contribution in [0.25, 0.3) is 16.7 Å². The molecule has 0 N–H and O–H groups in total. The normalized spacial score (nSPS) is 17.1. The number of carbonyl (C=O) groups excluding carboxylic acids is 1. The van der Waals surface area contributed by atoms with Crippen molar-refractivity contribution in [2.24, 2.45) is 0 Å². The van der Waals surface area contributed by atoms with Crippen LogP contribution in [0, 0.1) is 5.82 Å². The molecule has 6 heteroatoms. The van der Waals surface area contributed by atoms with Gasteiger partial charge in [0.2, 0.25) is 0 Å². The van der Waals surface area contributed by atoms with Crippen molar-refractivity contribution in [3.05, 3.63) is 53.1 Å². The molecule has 2 fully saturated rings. The fourth-order valence-corrected chi connectivity index (χ4v) is 4.22. The number of benzene rings is 1. The largest absolute Gasteiger partial charge is 0.339 e. The van der Waals surface area contributed by atoms with Gasteiger partial charge in [-0.3, -0.25) is 4.79 Å². The molecule has 0 atom stereocenters. The molecule has 2 aliphatic rings. The Hall–Kier alpha value is -2.76. The molecule has 3 heterocycles. The molecule has 3 aromatic rings. The van der Waals surface area contributed by atoms with Gasteiger partial charge in [-0.15, -0.1) is 0 Å². The second-order valence-electron chi connectivity index (χ2n) is 8.11. The van der Waals surface area contributed by atoms with Crippen molar-refractivity contribution in [3.63, 3.8) is 0 Å². The molecule has 2 aromatic heterocycles. The predicted octanol–water partition coefficient (Wildman–Crippen LogP) is 4.63. The third-order valence-corrected chi connectivity index (χ3v) is 5.99. The van der Waals surface area contributed by atoms with E-state index in [2.05, 4.69) is 0 Å². The molecule has 0 unspecified atom stereocenters. The lowest BCUT2D eigenvalue weighted by atomic mass is 10.0. The molecule has 1 aliphatic carbocycles. The van der Waals surface area contributed by atoms with E-state index in [0.717, 1.165) is 73.2 Å². The zero-order valence-electron chi connectivity index (χ0n) is 16.7. The van der Waals surface area contributed by atoms with Crippen molar-refractivity contribution < 1.29 is 9.18 Å². The van der Waals surface area contributed by atoms with E-state index in [1.54, 1.807) is 16.8 Å². The van der Waals surface area contributed by atoms with Crippen LogP contribution >= 0.6 is 0 Å². The number of piperidine rings is 1. The van der Waals surface area contributed by atoms with Crippen LogP contribution < -0.4 is 0 Å². The average molecular weight is 392 g/mol. The summed E-state index contributed by atoms with van der Waals surface area (Å²) in [6, 6.07) is 8.25. The van der Waals surface area contributed by atoms with Gasteiger partial charge in [0.1, 0.15) is 5.82 Å². The molecule has 1 aliphatic heterocycles. The van der Waals surface area contributed by atoms with Crippen molar-refractivity contribution in [2.75, 3.05) is 13.1 Å². The van der Waals surface area contributed by atoms with E-state index in [1.807, 2.05) is 17.9 Å². The second-order valence-corrected chi connectivity index (χ2v) is 8.11. The average Bonchev–Trinajstić information content (AvgIpc) is 3.54. The number of hydrogen-bond acceptors (Lipinski definition) is 3. The van der Waals surface area contributed by atoms with Gasteiger partial charge in [-0.1, -0.05) is 6.92 Å². The van der Waals surface area contributed by atoms with Gasteiger partial charge in [-0.25, -0.2) is 14.1 Å². The molecule has 29 heavy (non-hydrogen) atoms. The summed E-state index contributed by atoms with van der Waals surface area (Å²) >= 11 is 0. The van der Waals surface area contributed by atoms with Crippen molar-refractivity contribution in [1.82, 2.24) is 19.7 Å². The van der Waals surface area contributed by atoms with Gasteiger partial charge in [0.05, 0.1) is 22.3 Å². The third kappa shape index (κ3) is 3.30. The van der Waals surface area contributed by atoms with Gasteiger partial charge in [-0.05, 0) is 68.9 Å². The summed E-state index contributed by atoms with van der Waals surface area (Å²) in [5.41, 5.74) is 4.03. The molecular weight excluding hydrogens is 367 g/mol. The lowest BCUT2D eigenvalue weighted by molar-refractivity contribution is 0.0726. The maximum absolute atomic E-state index is 13.5. The maximum atomic E-state index is 13.5. The first-order valence-electron chi connectivity index (χ1n) is 10.6. The highest BCUT2D eigenvalue weighted by Crippen LogP contribution is 2.44. The fraction of sp³-hybridized carbons (Fsp3) is 0.435. The summed E-state index contributed by atoms with van der Waals surface area (Å²) in [6.07, 6.45) is 6.22. The number of amides is 1. The SMILES string of the molecule is CCc1cc(C(=O)N2CCCCC2)c2c(C3CC3)nn(-c3ccc(F)cc3)c2n1. The standard InChI is InChI=1S/C23H25FN4O/c1-2-17-14-19(23(29)27-12-4-3-5-13-27)20-21(15-6-7-15)26-28(22(20)25-17)18-10-8-16(24)9-11-18/h8-11,14-15H,2-7,12-13H2,1H3. The highest BCUT2D eigenvalue weighted by atomic mass is 19.1. The number of aromatic nitrogens is 3. The zero-order chi connectivity index (χ0) is 20.0. The van der Waals surface area contributed by atoms with Gasteiger partial charge in [0.15, 0.2) is 5.65 Å². The molecule has 0 radical (unpaired) electrons. The van der Waals surface area contributed by atoms with E-state index in [4.69, 9.17) is 10.1 Å². The Bertz CT molecular complexity index is 1060. The Morgan fingerprint density at radius 3 is 2.52 bits per heavy atom. The molecule has 1 saturated heterocycles. The Kier molecular flexibility index (Phi) is 4.57. The van der Waals surface area contributed by atoms with Crippen LogP contribution in [0.4, 0.5) is 4.39 Å². The zero-order valence-corrected chi connectivity index (χ0v) is 16.7. The minimum atomic E-state index is -0.282. The van der Waals surface area contributed by atoms with E-state index in [1.165, 1.54) is 18.6 Å². The molecule has 1 aromatic carbocycles. The van der Waals surface area contributed by atoms with Gasteiger partial charge in [0, 0.05) is 24.7 Å². The summed E-state index contributed by atoms with van der Waals surface area (Å²) in [7, 11) is 0. The first-order chi connectivity index (χ1) is 14.2. The smallest absolute Gasteiger partial charge is 0.254 e. The number of rotatable bonds is 4. The highest BCUT2D eigenvalue weighted by molar-refractivity contribution is 6.07. The summed E-state index contributed by atoms with van der Waals surface area (Å²) in [6.45, 7) is 3.67. The molecule has 5 nitrogen and oxygen atoms in total. The molecule has 1 amide bonds. The van der Waals surface area contributed by atoms with Gasteiger partial charge >= 0.3 is 0 Å². The van der Waals surface area contributed by atoms with Crippen molar-refractivity contribution >= 4 is 16.9 Å². The molecule has 0 bridgehead atoms. The summed E-state index contributed by atoms with van der Waals surface area (Å²) in [4.78, 5) is 20.3.